The molecule has 0 spiro atoms. The fraction of sp³-hybridized carbons (Fsp3) is 0.647. The molecule has 1 heterocycles. The van der Waals surface area contributed by atoms with Gasteiger partial charge in [0.2, 0.25) is 6.29 Å². The first-order valence-corrected chi connectivity index (χ1v) is 11.9. The predicted octanol–water partition coefficient (Wildman–Crippen LogP) is 3.18. The number of rotatable bonds is 6. The summed E-state index contributed by atoms with van der Waals surface area (Å²) in [5.74, 6) is 0.677. The summed E-state index contributed by atoms with van der Waals surface area (Å²) in [6, 6.07) is 5.90. The lowest BCUT2D eigenvalue weighted by atomic mass is 9.85. The van der Waals surface area contributed by atoms with Crippen LogP contribution >= 0.6 is 0 Å². The third-order valence-corrected chi connectivity index (χ3v) is 5.40. The van der Waals surface area contributed by atoms with Gasteiger partial charge in [0, 0.05) is 18.1 Å². The molecule has 140 valence electrons. The van der Waals surface area contributed by atoms with Crippen molar-refractivity contribution in [2.45, 2.75) is 52.0 Å². The average Bonchev–Trinajstić information content (AvgIpc) is 2.54. The van der Waals surface area contributed by atoms with Crippen LogP contribution in [0.4, 0.5) is 5.69 Å². The maximum Gasteiger partial charge on any atom is 0.269 e. The number of nitrogens with zero attached hydrogens (tertiary/aromatic N) is 1. The smallest absolute Gasteiger partial charge is 0.269 e. The topological polar surface area (TPSA) is 91.1 Å². The summed E-state index contributed by atoms with van der Waals surface area (Å²) in [4.78, 5) is 10.3. The first-order chi connectivity index (χ1) is 11.6. The van der Waals surface area contributed by atoms with Crippen molar-refractivity contribution in [3.63, 3.8) is 0 Å². The molecule has 25 heavy (non-hydrogen) atoms. The minimum atomic E-state index is -1.78. The quantitative estimate of drug-likeness (QED) is 0.470. The molecular weight excluding hydrogens is 342 g/mol. The second-order valence-corrected chi connectivity index (χ2v) is 12.0. The molecule has 1 aliphatic heterocycles. The highest BCUT2D eigenvalue weighted by atomic mass is 28.4. The Hall–Kier alpha value is -1.48. The molecule has 1 aliphatic rings. The second kappa shape index (κ2) is 7.82. The number of ether oxygens (including phenoxy) is 2. The molecule has 1 aromatic rings. The molecule has 1 N–H and O–H groups in total. The van der Waals surface area contributed by atoms with Gasteiger partial charge >= 0.3 is 0 Å². The van der Waals surface area contributed by atoms with Gasteiger partial charge in [-0.3, -0.25) is 10.1 Å². The summed E-state index contributed by atoms with van der Waals surface area (Å²) in [5, 5.41) is 20.5. The molecule has 0 aliphatic carbocycles. The Morgan fingerprint density at radius 1 is 1.20 bits per heavy atom. The fourth-order valence-electron chi connectivity index (χ4n) is 2.91. The minimum Gasteiger partial charge on any atom is -0.465 e. The monoisotopic (exact) mass is 369 g/mol. The first-order valence-electron chi connectivity index (χ1n) is 8.47. The molecule has 7 nitrogen and oxygen atoms in total. The van der Waals surface area contributed by atoms with E-state index in [-0.39, 0.29) is 30.2 Å². The van der Waals surface area contributed by atoms with E-state index < -0.39 is 25.6 Å². The summed E-state index contributed by atoms with van der Waals surface area (Å²) in [6.07, 6.45) is -1.18. The van der Waals surface area contributed by atoms with Gasteiger partial charge in [-0.2, -0.15) is 0 Å². The Morgan fingerprint density at radius 3 is 2.28 bits per heavy atom. The van der Waals surface area contributed by atoms with E-state index in [1.54, 1.807) is 12.1 Å². The standard InChI is InChI=1S/C17H27NO6Si/c1-11-12(2)17(22-14-8-6-13(7-9-14)18(20)21)23-15(10-19)16(11)24-25(3,4)5/h6-9,11-12,15-17,19H,10H2,1-5H3/t11-,12+,15-,16+,17+/m1/s1. The summed E-state index contributed by atoms with van der Waals surface area (Å²) >= 11 is 0. The van der Waals surface area contributed by atoms with E-state index in [4.69, 9.17) is 13.9 Å². The van der Waals surface area contributed by atoms with Crippen molar-refractivity contribution in [3.05, 3.63) is 34.4 Å². The van der Waals surface area contributed by atoms with Crippen LogP contribution in [0.25, 0.3) is 0 Å². The summed E-state index contributed by atoms with van der Waals surface area (Å²) in [6.45, 7) is 10.3. The molecule has 0 radical (unpaired) electrons. The lowest BCUT2D eigenvalue weighted by Crippen LogP contribution is -2.56. The maximum absolute atomic E-state index is 10.7. The van der Waals surface area contributed by atoms with E-state index in [9.17, 15) is 15.2 Å². The average molecular weight is 369 g/mol. The number of nitro benzene ring substituents is 1. The van der Waals surface area contributed by atoms with Gasteiger partial charge < -0.3 is 19.0 Å². The SMILES string of the molecule is C[C@@H]1[C@@H](Oc2ccc([N+](=O)[O-])cc2)O[C@H](CO)[C@@H](O[Si](C)(C)C)[C@@H]1C. The molecule has 2 rings (SSSR count). The van der Waals surface area contributed by atoms with Crippen molar-refractivity contribution in [3.8, 4) is 5.75 Å². The Bertz CT molecular complexity index is 586. The van der Waals surface area contributed by atoms with Gasteiger partial charge in [-0.1, -0.05) is 13.8 Å². The number of hydrogen-bond acceptors (Lipinski definition) is 6. The number of hydrogen-bond donors (Lipinski definition) is 1. The highest BCUT2D eigenvalue weighted by molar-refractivity contribution is 6.69. The van der Waals surface area contributed by atoms with Crippen LogP contribution in [0.3, 0.4) is 0 Å². The van der Waals surface area contributed by atoms with E-state index >= 15 is 0 Å². The first kappa shape index (κ1) is 19.8. The minimum absolute atomic E-state index is 0.00941. The number of nitro groups is 1. The van der Waals surface area contributed by atoms with Gasteiger partial charge in [0.05, 0.1) is 17.6 Å². The lowest BCUT2D eigenvalue weighted by molar-refractivity contribution is -0.384. The van der Waals surface area contributed by atoms with Gasteiger partial charge in [0.1, 0.15) is 11.9 Å². The second-order valence-electron chi connectivity index (χ2n) is 7.51. The van der Waals surface area contributed by atoms with Gasteiger partial charge in [-0.05, 0) is 37.7 Å². The van der Waals surface area contributed by atoms with Crippen LogP contribution in [-0.4, -0.2) is 43.5 Å². The maximum atomic E-state index is 10.7. The van der Waals surface area contributed by atoms with Crippen molar-refractivity contribution < 1.29 is 23.9 Å². The lowest BCUT2D eigenvalue weighted by Gasteiger charge is -2.45. The molecule has 1 saturated heterocycles. The molecule has 8 heteroatoms. The van der Waals surface area contributed by atoms with Crippen LogP contribution in [-0.2, 0) is 9.16 Å². The number of aliphatic hydroxyl groups is 1. The van der Waals surface area contributed by atoms with Crippen molar-refractivity contribution >= 4 is 14.0 Å². The van der Waals surface area contributed by atoms with E-state index in [0.29, 0.717) is 5.75 Å². The van der Waals surface area contributed by atoms with Gasteiger partial charge in [0.15, 0.2) is 8.32 Å². The van der Waals surface area contributed by atoms with E-state index in [1.165, 1.54) is 12.1 Å². The third kappa shape index (κ3) is 5.01. The molecule has 0 aromatic heterocycles. The normalized spacial score (nSPS) is 30.1. The van der Waals surface area contributed by atoms with Gasteiger partial charge in [-0.15, -0.1) is 0 Å². The van der Waals surface area contributed by atoms with E-state index in [1.807, 2.05) is 6.92 Å². The number of non-ortho nitro benzene ring substituents is 1. The predicted molar refractivity (Wildman–Crippen MR) is 96.0 cm³/mol. The largest absolute Gasteiger partial charge is 0.465 e. The zero-order valence-corrected chi connectivity index (χ0v) is 16.3. The number of benzene rings is 1. The summed E-state index contributed by atoms with van der Waals surface area (Å²) in [7, 11) is -1.78. The molecule has 1 aromatic carbocycles. The van der Waals surface area contributed by atoms with E-state index in [0.717, 1.165) is 0 Å². The van der Waals surface area contributed by atoms with Crippen molar-refractivity contribution in [1.29, 1.82) is 0 Å². The molecule has 0 amide bonds. The van der Waals surface area contributed by atoms with Crippen molar-refractivity contribution in [2.75, 3.05) is 6.61 Å². The van der Waals surface area contributed by atoms with Crippen molar-refractivity contribution in [1.82, 2.24) is 0 Å². The Balaban J connectivity index is 2.11. The Morgan fingerprint density at radius 2 is 1.80 bits per heavy atom. The van der Waals surface area contributed by atoms with Gasteiger partial charge in [0.25, 0.3) is 5.69 Å². The molecule has 0 bridgehead atoms. The molecule has 5 atom stereocenters. The zero-order chi connectivity index (χ0) is 18.8. The molecular formula is C17H27NO6Si. The zero-order valence-electron chi connectivity index (χ0n) is 15.3. The van der Waals surface area contributed by atoms with Crippen LogP contribution < -0.4 is 4.74 Å². The number of aliphatic hydroxyl groups excluding tert-OH is 1. The molecule has 1 fully saturated rings. The van der Waals surface area contributed by atoms with Crippen LogP contribution in [0.5, 0.6) is 5.75 Å². The summed E-state index contributed by atoms with van der Waals surface area (Å²) in [5.41, 5.74) is 0.00941. The molecule has 0 unspecified atom stereocenters. The van der Waals surface area contributed by atoms with E-state index in [2.05, 4.69) is 26.6 Å². The van der Waals surface area contributed by atoms with Crippen LogP contribution in [0.2, 0.25) is 19.6 Å². The van der Waals surface area contributed by atoms with Crippen LogP contribution in [0.1, 0.15) is 13.8 Å². The fourth-order valence-corrected chi connectivity index (χ4v) is 4.10. The highest BCUT2D eigenvalue weighted by Gasteiger charge is 2.44. The summed E-state index contributed by atoms with van der Waals surface area (Å²) < 4.78 is 18.1. The Kier molecular flexibility index (Phi) is 6.20. The van der Waals surface area contributed by atoms with Crippen molar-refractivity contribution in [2.24, 2.45) is 11.8 Å². The van der Waals surface area contributed by atoms with Gasteiger partial charge in [-0.25, -0.2) is 0 Å². The molecule has 0 saturated carbocycles. The Labute approximate surface area is 149 Å². The highest BCUT2D eigenvalue weighted by Crippen LogP contribution is 2.35. The van der Waals surface area contributed by atoms with Crippen LogP contribution in [0.15, 0.2) is 24.3 Å². The third-order valence-electron chi connectivity index (χ3n) is 4.42. The van der Waals surface area contributed by atoms with Crippen LogP contribution in [0, 0.1) is 22.0 Å².